The van der Waals surface area contributed by atoms with Gasteiger partial charge in [-0.15, -0.1) is 0 Å². The smallest absolute Gasteiger partial charge is 0.113 e. The summed E-state index contributed by atoms with van der Waals surface area (Å²) < 4.78 is 5.40. The molecule has 1 nitrogen and oxygen atoms in total. The van der Waals surface area contributed by atoms with Gasteiger partial charge in [0.2, 0.25) is 0 Å². The summed E-state index contributed by atoms with van der Waals surface area (Å²) in [6, 6.07) is 10.1. The number of ether oxygens (including phenoxy) is 1. The summed E-state index contributed by atoms with van der Waals surface area (Å²) in [5.41, 5.74) is 1.14. The molecule has 13 heavy (non-hydrogen) atoms. The predicted molar refractivity (Wildman–Crippen MR) is 55.3 cm³/mol. The van der Waals surface area contributed by atoms with Gasteiger partial charge in [0.15, 0.2) is 0 Å². The van der Waals surface area contributed by atoms with Crippen molar-refractivity contribution in [2.45, 2.75) is 26.2 Å². The van der Waals surface area contributed by atoms with Crippen LogP contribution >= 0.6 is 0 Å². The summed E-state index contributed by atoms with van der Waals surface area (Å²) in [5.74, 6) is 0. The molecule has 0 fully saturated rings. The molecule has 0 saturated carbocycles. The molecule has 1 rings (SSSR count). The lowest BCUT2D eigenvalue weighted by Gasteiger charge is -2.02. The minimum Gasteiger partial charge on any atom is -0.370 e. The van der Waals surface area contributed by atoms with E-state index in [4.69, 9.17) is 4.74 Å². The fraction of sp³-hybridized carbons (Fsp3) is 0.417. The number of rotatable bonds is 6. The van der Waals surface area contributed by atoms with Crippen LogP contribution in [0.4, 0.5) is 0 Å². The van der Waals surface area contributed by atoms with Crippen LogP contribution in [-0.2, 0) is 4.74 Å². The van der Waals surface area contributed by atoms with E-state index in [1.807, 2.05) is 36.9 Å². The van der Waals surface area contributed by atoms with E-state index in [1.54, 1.807) is 0 Å². The minimum absolute atomic E-state index is 0.836. The molecule has 0 aliphatic rings. The highest BCUT2D eigenvalue weighted by atomic mass is 16.5. The molecular formula is C12H17O. The Bertz CT molecular complexity index is 206. The van der Waals surface area contributed by atoms with Crippen LogP contribution in [0.25, 0.3) is 0 Å². The van der Waals surface area contributed by atoms with Crippen LogP contribution in [0.2, 0.25) is 0 Å². The highest BCUT2D eigenvalue weighted by Gasteiger charge is 1.91. The van der Waals surface area contributed by atoms with Crippen molar-refractivity contribution < 1.29 is 4.74 Å². The van der Waals surface area contributed by atoms with Gasteiger partial charge in [-0.25, -0.2) is 0 Å². The molecular weight excluding hydrogens is 160 g/mol. The molecule has 0 amide bonds. The number of hydrogen-bond donors (Lipinski definition) is 0. The third-order valence-corrected chi connectivity index (χ3v) is 1.88. The van der Waals surface area contributed by atoms with Gasteiger partial charge in [-0.05, 0) is 12.0 Å². The van der Waals surface area contributed by atoms with Crippen LogP contribution in [0, 0.1) is 6.61 Å². The van der Waals surface area contributed by atoms with Crippen molar-refractivity contribution in [1.82, 2.24) is 0 Å². The first-order chi connectivity index (χ1) is 6.43. The summed E-state index contributed by atoms with van der Waals surface area (Å²) in [6.07, 6.45) is 3.65. The number of hydrogen-bond acceptors (Lipinski definition) is 1. The summed E-state index contributed by atoms with van der Waals surface area (Å²) in [4.78, 5) is 0. The van der Waals surface area contributed by atoms with Gasteiger partial charge >= 0.3 is 0 Å². The lowest BCUT2D eigenvalue weighted by Crippen LogP contribution is -1.92. The van der Waals surface area contributed by atoms with Crippen LogP contribution in [0.5, 0.6) is 0 Å². The third-order valence-electron chi connectivity index (χ3n) is 1.88. The molecule has 1 heteroatoms. The molecule has 0 aliphatic carbocycles. The average molecular weight is 177 g/mol. The van der Waals surface area contributed by atoms with Gasteiger partial charge in [0.1, 0.15) is 6.61 Å². The van der Waals surface area contributed by atoms with Crippen molar-refractivity contribution in [3.63, 3.8) is 0 Å². The molecule has 0 heterocycles. The van der Waals surface area contributed by atoms with Crippen LogP contribution in [-0.4, -0.2) is 6.61 Å². The summed E-state index contributed by atoms with van der Waals surface area (Å²) >= 11 is 0. The Morgan fingerprint density at radius 2 is 1.92 bits per heavy atom. The topological polar surface area (TPSA) is 9.23 Å². The molecule has 0 unspecified atom stereocenters. The third kappa shape index (κ3) is 4.69. The highest BCUT2D eigenvalue weighted by molar-refractivity contribution is 5.19. The maximum atomic E-state index is 5.40. The van der Waals surface area contributed by atoms with Crippen LogP contribution in [0.15, 0.2) is 30.3 Å². The molecule has 1 radical (unpaired) electrons. The van der Waals surface area contributed by atoms with Crippen molar-refractivity contribution in [2.75, 3.05) is 6.61 Å². The van der Waals surface area contributed by atoms with E-state index in [2.05, 4.69) is 6.92 Å². The van der Waals surface area contributed by atoms with Gasteiger partial charge in [-0.1, -0.05) is 50.1 Å². The van der Waals surface area contributed by atoms with E-state index in [0.717, 1.165) is 18.6 Å². The Morgan fingerprint density at radius 3 is 2.62 bits per heavy atom. The molecule has 0 atom stereocenters. The first-order valence-electron chi connectivity index (χ1n) is 4.93. The zero-order chi connectivity index (χ0) is 9.36. The minimum atomic E-state index is 0.836. The van der Waals surface area contributed by atoms with Crippen LogP contribution in [0.1, 0.15) is 31.7 Å². The number of benzene rings is 1. The second-order valence-corrected chi connectivity index (χ2v) is 3.11. The Kier molecular flexibility index (Phi) is 5.27. The zero-order valence-corrected chi connectivity index (χ0v) is 8.20. The maximum absolute atomic E-state index is 5.40. The molecule has 0 aliphatic heterocycles. The van der Waals surface area contributed by atoms with E-state index in [0.29, 0.717) is 0 Å². The molecule has 0 saturated heterocycles. The zero-order valence-electron chi connectivity index (χ0n) is 8.20. The predicted octanol–water partition coefficient (Wildman–Crippen LogP) is 3.40. The Labute approximate surface area is 80.7 Å². The van der Waals surface area contributed by atoms with Crippen molar-refractivity contribution in [1.29, 1.82) is 0 Å². The molecule has 1 aromatic rings. The summed E-state index contributed by atoms with van der Waals surface area (Å²) in [6.45, 7) is 4.86. The Morgan fingerprint density at radius 1 is 1.15 bits per heavy atom. The fourth-order valence-corrected chi connectivity index (χ4v) is 1.12. The second kappa shape index (κ2) is 6.67. The van der Waals surface area contributed by atoms with Gasteiger partial charge in [0.05, 0.1) is 0 Å². The van der Waals surface area contributed by atoms with Crippen molar-refractivity contribution in [3.05, 3.63) is 42.5 Å². The van der Waals surface area contributed by atoms with Crippen LogP contribution < -0.4 is 0 Å². The van der Waals surface area contributed by atoms with Crippen molar-refractivity contribution >= 4 is 0 Å². The monoisotopic (exact) mass is 177 g/mol. The van der Waals surface area contributed by atoms with E-state index in [-0.39, 0.29) is 0 Å². The maximum Gasteiger partial charge on any atom is 0.113 e. The Balaban J connectivity index is 2.07. The van der Waals surface area contributed by atoms with Gasteiger partial charge < -0.3 is 4.74 Å². The number of unbranched alkanes of at least 4 members (excludes halogenated alkanes) is 2. The standard InChI is InChI=1S/C12H17O/c1-2-3-7-10-13-11-12-8-5-4-6-9-12/h4-6,8-9,11H,2-3,7,10H2,1H3. The van der Waals surface area contributed by atoms with Gasteiger partial charge in [0.25, 0.3) is 0 Å². The van der Waals surface area contributed by atoms with Crippen molar-refractivity contribution in [3.8, 4) is 0 Å². The van der Waals surface area contributed by atoms with Gasteiger partial charge in [0, 0.05) is 6.61 Å². The van der Waals surface area contributed by atoms with E-state index < -0.39 is 0 Å². The lowest BCUT2D eigenvalue weighted by molar-refractivity contribution is 0.206. The van der Waals surface area contributed by atoms with E-state index in [1.165, 1.54) is 12.8 Å². The van der Waals surface area contributed by atoms with Gasteiger partial charge in [-0.3, -0.25) is 0 Å². The Hall–Kier alpha value is -0.820. The first kappa shape index (κ1) is 10.3. The van der Waals surface area contributed by atoms with E-state index in [9.17, 15) is 0 Å². The molecule has 71 valence electrons. The van der Waals surface area contributed by atoms with Gasteiger partial charge in [-0.2, -0.15) is 0 Å². The van der Waals surface area contributed by atoms with Crippen molar-refractivity contribution in [2.24, 2.45) is 0 Å². The fourth-order valence-electron chi connectivity index (χ4n) is 1.12. The summed E-state index contributed by atoms with van der Waals surface area (Å²) in [7, 11) is 0. The molecule has 1 aromatic carbocycles. The molecule has 0 bridgehead atoms. The molecule has 0 N–H and O–H groups in total. The largest absolute Gasteiger partial charge is 0.370 e. The molecule has 0 spiro atoms. The second-order valence-electron chi connectivity index (χ2n) is 3.11. The SMILES string of the molecule is CCCCCO[CH]c1ccccc1. The summed E-state index contributed by atoms with van der Waals surface area (Å²) in [5, 5.41) is 0. The molecule has 0 aromatic heterocycles. The normalized spacial score (nSPS) is 10.2. The van der Waals surface area contributed by atoms with Crippen LogP contribution in [0.3, 0.4) is 0 Å². The lowest BCUT2D eigenvalue weighted by atomic mass is 10.2. The van der Waals surface area contributed by atoms with E-state index >= 15 is 0 Å². The average Bonchev–Trinajstić information content (AvgIpc) is 2.19. The highest BCUT2D eigenvalue weighted by Crippen LogP contribution is 2.03. The quantitative estimate of drug-likeness (QED) is 0.605. The first-order valence-corrected chi connectivity index (χ1v) is 4.93.